The van der Waals surface area contributed by atoms with Gasteiger partial charge in [-0.15, -0.1) is 0 Å². The Hall–Kier alpha value is -1.52. The summed E-state index contributed by atoms with van der Waals surface area (Å²) in [5.74, 6) is -1.01. The SMILES string of the molecule is CN1NCC=C1c1ccc(C(=O)O)c(Cl)c1. The predicted octanol–water partition coefficient (Wildman–Crippen LogP) is 1.83. The summed E-state index contributed by atoms with van der Waals surface area (Å²) in [6.45, 7) is 0.768. The van der Waals surface area contributed by atoms with Gasteiger partial charge in [-0.2, -0.15) is 0 Å². The van der Waals surface area contributed by atoms with E-state index in [2.05, 4.69) is 5.43 Å². The summed E-state index contributed by atoms with van der Waals surface area (Å²) in [5, 5.41) is 11.0. The van der Waals surface area contributed by atoms with Crippen molar-refractivity contribution in [3.63, 3.8) is 0 Å². The largest absolute Gasteiger partial charge is 0.478 e. The summed E-state index contributed by atoms with van der Waals surface area (Å²) in [6.07, 6.45) is 2.02. The maximum absolute atomic E-state index is 10.8. The van der Waals surface area contributed by atoms with Gasteiger partial charge < -0.3 is 10.1 Å². The van der Waals surface area contributed by atoms with Crippen LogP contribution in [0.2, 0.25) is 5.02 Å². The molecular weight excluding hydrogens is 228 g/mol. The van der Waals surface area contributed by atoms with Crippen LogP contribution in [0.15, 0.2) is 24.3 Å². The van der Waals surface area contributed by atoms with E-state index < -0.39 is 5.97 Å². The number of halogens is 1. The smallest absolute Gasteiger partial charge is 0.337 e. The van der Waals surface area contributed by atoms with Crippen molar-refractivity contribution < 1.29 is 9.90 Å². The van der Waals surface area contributed by atoms with Crippen molar-refractivity contribution in [1.82, 2.24) is 10.4 Å². The van der Waals surface area contributed by atoms with Crippen LogP contribution < -0.4 is 5.43 Å². The summed E-state index contributed by atoms with van der Waals surface area (Å²) < 4.78 is 0. The van der Waals surface area contributed by atoms with Crippen LogP contribution in [0.3, 0.4) is 0 Å². The third-order valence-corrected chi connectivity index (χ3v) is 2.79. The number of hydrogen-bond donors (Lipinski definition) is 2. The number of carbonyl (C=O) groups is 1. The minimum absolute atomic E-state index is 0.125. The number of carboxylic acids is 1. The molecular formula is C11H11ClN2O2. The molecule has 0 radical (unpaired) electrons. The Kier molecular flexibility index (Phi) is 2.85. The van der Waals surface area contributed by atoms with Crippen LogP contribution in [0.1, 0.15) is 15.9 Å². The Morgan fingerprint density at radius 1 is 1.56 bits per heavy atom. The number of rotatable bonds is 2. The average molecular weight is 239 g/mol. The van der Waals surface area contributed by atoms with Crippen LogP contribution in [0.4, 0.5) is 0 Å². The van der Waals surface area contributed by atoms with Crippen LogP contribution in [0.5, 0.6) is 0 Å². The number of hydrogen-bond acceptors (Lipinski definition) is 3. The van der Waals surface area contributed by atoms with E-state index in [1.54, 1.807) is 12.1 Å². The highest BCUT2D eigenvalue weighted by molar-refractivity contribution is 6.33. The molecule has 16 heavy (non-hydrogen) atoms. The van der Waals surface area contributed by atoms with E-state index in [0.717, 1.165) is 17.8 Å². The van der Waals surface area contributed by atoms with Gasteiger partial charge in [0.25, 0.3) is 0 Å². The lowest BCUT2D eigenvalue weighted by atomic mass is 10.1. The number of hydrazine groups is 1. The van der Waals surface area contributed by atoms with E-state index in [1.807, 2.05) is 18.1 Å². The normalized spacial score (nSPS) is 15.1. The molecule has 0 unspecified atom stereocenters. The molecule has 1 aliphatic heterocycles. The van der Waals surface area contributed by atoms with Gasteiger partial charge in [-0.05, 0) is 18.2 Å². The minimum Gasteiger partial charge on any atom is -0.478 e. The number of nitrogens with zero attached hydrogens (tertiary/aromatic N) is 1. The predicted molar refractivity (Wildman–Crippen MR) is 62.2 cm³/mol. The molecule has 0 fully saturated rings. The molecule has 2 rings (SSSR count). The molecule has 0 amide bonds. The molecule has 2 N–H and O–H groups in total. The third kappa shape index (κ3) is 1.89. The Bertz CT molecular complexity index is 471. The van der Waals surface area contributed by atoms with E-state index in [0.29, 0.717) is 0 Å². The second-order valence-electron chi connectivity index (χ2n) is 3.51. The lowest BCUT2D eigenvalue weighted by Gasteiger charge is -2.16. The van der Waals surface area contributed by atoms with Crippen LogP contribution in [0.25, 0.3) is 5.70 Å². The van der Waals surface area contributed by atoms with Crippen molar-refractivity contribution >= 4 is 23.3 Å². The summed E-state index contributed by atoms with van der Waals surface area (Å²) in [5.41, 5.74) is 5.13. The summed E-state index contributed by atoms with van der Waals surface area (Å²) in [6, 6.07) is 4.94. The van der Waals surface area contributed by atoms with Gasteiger partial charge >= 0.3 is 5.97 Å². The average Bonchev–Trinajstić information content (AvgIpc) is 2.63. The number of carboxylic acid groups (broad SMARTS) is 1. The Balaban J connectivity index is 2.38. The second-order valence-corrected chi connectivity index (χ2v) is 3.92. The zero-order valence-corrected chi connectivity index (χ0v) is 9.45. The van der Waals surface area contributed by atoms with E-state index in [-0.39, 0.29) is 10.6 Å². The lowest BCUT2D eigenvalue weighted by Crippen LogP contribution is -2.26. The van der Waals surface area contributed by atoms with Gasteiger partial charge in [-0.3, -0.25) is 0 Å². The van der Waals surface area contributed by atoms with Gasteiger partial charge in [-0.25, -0.2) is 10.2 Å². The molecule has 1 aromatic carbocycles. The molecule has 1 aliphatic rings. The monoisotopic (exact) mass is 238 g/mol. The Labute approximate surface area is 98.1 Å². The molecule has 1 heterocycles. The fraction of sp³-hybridized carbons (Fsp3) is 0.182. The first-order chi connectivity index (χ1) is 7.59. The molecule has 0 atom stereocenters. The second kappa shape index (κ2) is 4.15. The Morgan fingerprint density at radius 2 is 2.31 bits per heavy atom. The van der Waals surface area contributed by atoms with Crippen molar-refractivity contribution in [3.8, 4) is 0 Å². The lowest BCUT2D eigenvalue weighted by molar-refractivity contribution is 0.0697. The highest BCUT2D eigenvalue weighted by Crippen LogP contribution is 2.25. The van der Waals surface area contributed by atoms with Crippen molar-refractivity contribution in [3.05, 3.63) is 40.4 Å². The van der Waals surface area contributed by atoms with E-state index in [4.69, 9.17) is 16.7 Å². The first-order valence-corrected chi connectivity index (χ1v) is 5.18. The third-order valence-electron chi connectivity index (χ3n) is 2.48. The van der Waals surface area contributed by atoms with Gasteiger partial charge in [0, 0.05) is 19.2 Å². The number of nitrogens with one attached hydrogen (secondary N) is 1. The fourth-order valence-electron chi connectivity index (χ4n) is 1.66. The maximum atomic E-state index is 10.8. The van der Waals surface area contributed by atoms with Crippen LogP contribution in [0, 0.1) is 0 Å². The van der Waals surface area contributed by atoms with Crippen molar-refractivity contribution in [1.29, 1.82) is 0 Å². The molecule has 1 aromatic rings. The minimum atomic E-state index is -1.01. The maximum Gasteiger partial charge on any atom is 0.337 e. The van der Waals surface area contributed by atoms with Gasteiger partial charge in [0.05, 0.1) is 16.3 Å². The quantitative estimate of drug-likeness (QED) is 0.826. The molecule has 0 spiro atoms. The highest BCUT2D eigenvalue weighted by atomic mass is 35.5. The Morgan fingerprint density at radius 3 is 2.81 bits per heavy atom. The zero-order chi connectivity index (χ0) is 11.7. The van der Waals surface area contributed by atoms with Crippen LogP contribution in [-0.4, -0.2) is 29.7 Å². The molecule has 0 aromatic heterocycles. The molecule has 84 valence electrons. The van der Waals surface area contributed by atoms with Gasteiger partial charge in [0.15, 0.2) is 0 Å². The molecule has 0 bridgehead atoms. The van der Waals surface area contributed by atoms with E-state index in [1.165, 1.54) is 6.07 Å². The zero-order valence-electron chi connectivity index (χ0n) is 8.70. The molecule has 0 aliphatic carbocycles. The van der Waals surface area contributed by atoms with Gasteiger partial charge in [-0.1, -0.05) is 17.7 Å². The molecule has 5 heteroatoms. The van der Waals surface area contributed by atoms with Crippen molar-refractivity contribution in [2.45, 2.75) is 0 Å². The summed E-state index contributed by atoms with van der Waals surface area (Å²) in [7, 11) is 1.90. The van der Waals surface area contributed by atoms with Crippen LogP contribution in [-0.2, 0) is 0 Å². The van der Waals surface area contributed by atoms with Crippen molar-refractivity contribution in [2.75, 3.05) is 13.6 Å². The van der Waals surface area contributed by atoms with Gasteiger partial charge in [0.1, 0.15) is 0 Å². The molecule has 0 saturated heterocycles. The van der Waals surface area contributed by atoms with Crippen molar-refractivity contribution in [2.24, 2.45) is 0 Å². The van der Waals surface area contributed by atoms with Gasteiger partial charge in [0.2, 0.25) is 0 Å². The van der Waals surface area contributed by atoms with E-state index in [9.17, 15) is 4.79 Å². The standard InChI is InChI=1S/C11H11ClN2O2/c1-14-10(4-5-13-14)7-2-3-8(11(15)16)9(12)6-7/h2-4,6,13H,5H2,1H3,(H,15,16). The van der Waals surface area contributed by atoms with E-state index >= 15 is 0 Å². The summed E-state index contributed by atoms with van der Waals surface area (Å²) >= 11 is 5.90. The first-order valence-electron chi connectivity index (χ1n) is 4.80. The fourth-order valence-corrected chi connectivity index (χ4v) is 1.92. The van der Waals surface area contributed by atoms with Crippen LogP contribution >= 0.6 is 11.6 Å². The summed E-state index contributed by atoms with van der Waals surface area (Å²) in [4.78, 5) is 10.8. The molecule has 4 nitrogen and oxygen atoms in total. The first kappa shape index (κ1) is 11.0. The number of benzene rings is 1. The molecule has 0 saturated carbocycles. The topological polar surface area (TPSA) is 52.6 Å². The highest BCUT2D eigenvalue weighted by Gasteiger charge is 2.15. The number of aromatic carboxylic acids is 1.